The number of rotatable bonds is 4. The molecule has 6 nitrogen and oxygen atoms in total. The predicted molar refractivity (Wildman–Crippen MR) is 95.1 cm³/mol. The first-order valence-corrected chi connectivity index (χ1v) is 7.83. The standard InChI is InChI=1S/C16H9Cl2F3N4O2/c1-24(15-12(17)6-10(7-13(15)18)16(19,20)21)23-14(8-22)9-2-4-11(5-3-9)25(26)27/h2-7H,1H3/b23-14+. The summed E-state index contributed by atoms with van der Waals surface area (Å²) >= 11 is 11.8. The highest BCUT2D eigenvalue weighted by Gasteiger charge is 2.32. The maximum absolute atomic E-state index is 12.8. The van der Waals surface area contributed by atoms with Crippen molar-refractivity contribution in [1.29, 1.82) is 5.26 Å². The summed E-state index contributed by atoms with van der Waals surface area (Å²) in [6, 6.07) is 8.25. The summed E-state index contributed by atoms with van der Waals surface area (Å²) in [7, 11) is 1.35. The smallest absolute Gasteiger partial charge is 0.264 e. The van der Waals surface area contributed by atoms with Gasteiger partial charge in [-0.05, 0) is 24.3 Å². The third-order valence-corrected chi connectivity index (χ3v) is 3.95. The molecule has 0 N–H and O–H groups in total. The van der Waals surface area contributed by atoms with Crippen LogP contribution in [0.2, 0.25) is 10.0 Å². The zero-order valence-electron chi connectivity index (χ0n) is 13.5. The van der Waals surface area contributed by atoms with E-state index in [0.717, 1.165) is 5.01 Å². The quantitative estimate of drug-likeness (QED) is 0.385. The summed E-state index contributed by atoms with van der Waals surface area (Å²) in [6.45, 7) is 0. The highest BCUT2D eigenvalue weighted by molar-refractivity contribution is 6.39. The van der Waals surface area contributed by atoms with Gasteiger partial charge in [0.05, 0.1) is 26.2 Å². The number of anilines is 1. The number of nitrogens with zero attached hydrogens (tertiary/aromatic N) is 4. The molecule has 11 heteroatoms. The van der Waals surface area contributed by atoms with Gasteiger partial charge in [-0.25, -0.2) is 0 Å². The van der Waals surface area contributed by atoms with E-state index in [2.05, 4.69) is 5.10 Å². The molecule has 0 amide bonds. The van der Waals surface area contributed by atoms with Crippen molar-refractivity contribution in [3.05, 3.63) is 67.7 Å². The van der Waals surface area contributed by atoms with E-state index in [1.54, 1.807) is 0 Å². The molecule has 0 aliphatic carbocycles. The van der Waals surface area contributed by atoms with Gasteiger partial charge in [-0.3, -0.25) is 15.1 Å². The highest BCUT2D eigenvalue weighted by atomic mass is 35.5. The molecule has 0 spiro atoms. The van der Waals surface area contributed by atoms with Gasteiger partial charge in [-0.1, -0.05) is 23.2 Å². The molecule has 27 heavy (non-hydrogen) atoms. The van der Waals surface area contributed by atoms with Crippen molar-refractivity contribution in [2.45, 2.75) is 6.18 Å². The first kappa shape index (κ1) is 20.5. The SMILES string of the molecule is CN(/N=C(\C#N)c1ccc([N+](=O)[O-])cc1)c1c(Cl)cc(C(F)(F)F)cc1Cl. The number of benzene rings is 2. The molecule has 0 bridgehead atoms. The number of nitro groups is 1. The molecule has 0 saturated carbocycles. The van der Waals surface area contributed by atoms with Crippen LogP contribution in [0, 0.1) is 21.4 Å². The Morgan fingerprint density at radius 2 is 1.74 bits per heavy atom. The van der Waals surface area contributed by atoms with Crippen molar-refractivity contribution in [1.82, 2.24) is 0 Å². The van der Waals surface area contributed by atoms with E-state index >= 15 is 0 Å². The van der Waals surface area contributed by atoms with Gasteiger partial charge >= 0.3 is 6.18 Å². The number of hydrogen-bond acceptors (Lipinski definition) is 5. The molecule has 0 fully saturated rings. The monoisotopic (exact) mass is 416 g/mol. The van der Waals surface area contributed by atoms with Gasteiger partial charge < -0.3 is 0 Å². The van der Waals surface area contributed by atoms with E-state index in [4.69, 9.17) is 23.2 Å². The Bertz CT molecular complexity index is 931. The predicted octanol–water partition coefficient (Wildman–Crippen LogP) is 5.28. The average molecular weight is 417 g/mol. The van der Waals surface area contributed by atoms with E-state index in [9.17, 15) is 28.5 Å². The van der Waals surface area contributed by atoms with Gasteiger partial charge in [0.1, 0.15) is 6.07 Å². The molecular weight excluding hydrogens is 408 g/mol. The summed E-state index contributed by atoms with van der Waals surface area (Å²) in [6.07, 6.45) is -4.62. The largest absolute Gasteiger partial charge is 0.416 e. The number of non-ortho nitro benzene ring substituents is 1. The van der Waals surface area contributed by atoms with E-state index < -0.39 is 16.7 Å². The van der Waals surface area contributed by atoms with Crippen molar-refractivity contribution in [2.24, 2.45) is 5.10 Å². The molecule has 0 saturated heterocycles. The minimum atomic E-state index is -4.62. The maximum Gasteiger partial charge on any atom is 0.416 e. The van der Waals surface area contributed by atoms with Crippen LogP contribution in [0.5, 0.6) is 0 Å². The minimum absolute atomic E-state index is 0.0269. The van der Waals surface area contributed by atoms with Crippen molar-refractivity contribution in [3.63, 3.8) is 0 Å². The van der Waals surface area contributed by atoms with Crippen LogP contribution in [0.1, 0.15) is 11.1 Å². The second-order valence-corrected chi connectivity index (χ2v) is 5.99. The van der Waals surface area contributed by atoms with Gasteiger partial charge in [0.15, 0.2) is 5.71 Å². The molecule has 0 unspecified atom stereocenters. The third kappa shape index (κ3) is 4.67. The lowest BCUT2D eigenvalue weighted by Crippen LogP contribution is -2.15. The number of nitro benzene ring substituents is 1. The summed E-state index contributed by atoms with van der Waals surface area (Å²) in [5.74, 6) is 0. The fourth-order valence-electron chi connectivity index (χ4n) is 2.12. The lowest BCUT2D eigenvalue weighted by atomic mass is 10.1. The van der Waals surface area contributed by atoms with Gasteiger partial charge in [0.2, 0.25) is 0 Å². The Kier molecular flexibility index (Phi) is 5.93. The summed E-state index contributed by atoms with van der Waals surface area (Å²) in [5, 5.41) is 24.4. The number of hydrazone groups is 1. The molecular formula is C16H9Cl2F3N4O2. The molecule has 0 aliphatic rings. The van der Waals surface area contributed by atoms with Gasteiger partial charge in [0, 0.05) is 24.7 Å². The van der Waals surface area contributed by atoms with Crippen LogP contribution >= 0.6 is 23.2 Å². The summed E-state index contributed by atoms with van der Waals surface area (Å²) < 4.78 is 38.4. The summed E-state index contributed by atoms with van der Waals surface area (Å²) in [5.41, 5.74) is -1.08. The first-order valence-electron chi connectivity index (χ1n) is 7.08. The van der Waals surface area contributed by atoms with Crippen molar-refractivity contribution in [3.8, 4) is 6.07 Å². The first-order chi connectivity index (χ1) is 12.5. The Balaban J connectivity index is 2.42. The van der Waals surface area contributed by atoms with Gasteiger partial charge in [-0.15, -0.1) is 0 Å². The number of nitriles is 1. The fraction of sp³-hybridized carbons (Fsp3) is 0.125. The topological polar surface area (TPSA) is 82.5 Å². The number of hydrogen-bond donors (Lipinski definition) is 0. The van der Waals surface area contributed by atoms with Crippen molar-refractivity contribution < 1.29 is 18.1 Å². The molecule has 0 heterocycles. The second kappa shape index (κ2) is 7.82. The molecule has 0 radical (unpaired) electrons. The lowest BCUT2D eigenvalue weighted by molar-refractivity contribution is -0.384. The number of alkyl halides is 3. The van der Waals surface area contributed by atoms with Crippen LogP contribution in [0.25, 0.3) is 0 Å². The van der Waals surface area contributed by atoms with Gasteiger partial charge in [-0.2, -0.15) is 23.5 Å². The Morgan fingerprint density at radius 3 is 2.15 bits per heavy atom. The minimum Gasteiger partial charge on any atom is -0.264 e. The van der Waals surface area contributed by atoms with Crippen LogP contribution in [0.3, 0.4) is 0 Å². The van der Waals surface area contributed by atoms with Gasteiger partial charge in [0.25, 0.3) is 5.69 Å². The van der Waals surface area contributed by atoms with Crippen molar-refractivity contribution >= 4 is 40.3 Å². The Labute approximate surface area is 161 Å². The molecule has 0 aromatic heterocycles. The molecule has 2 aromatic rings. The third-order valence-electron chi connectivity index (χ3n) is 3.38. The summed E-state index contributed by atoms with van der Waals surface area (Å²) in [4.78, 5) is 10.1. The zero-order chi connectivity index (χ0) is 20.4. The Morgan fingerprint density at radius 1 is 1.22 bits per heavy atom. The second-order valence-electron chi connectivity index (χ2n) is 5.17. The van der Waals surface area contributed by atoms with Crippen LogP contribution in [0.4, 0.5) is 24.5 Å². The molecule has 0 atom stereocenters. The van der Waals surface area contributed by atoms with E-state index in [1.807, 2.05) is 6.07 Å². The Hall–Kier alpha value is -2.83. The van der Waals surface area contributed by atoms with Crippen LogP contribution < -0.4 is 5.01 Å². The van der Waals surface area contributed by atoms with E-state index in [-0.39, 0.29) is 32.7 Å². The van der Waals surface area contributed by atoms with E-state index in [1.165, 1.54) is 31.3 Å². The van der Waals surface area contributed by atoms with E-state index in [0.29, 0.717) is 12.1 Å². The fourth-order valence-corrected chi connectivity index (χ4v) is 2.86. The average Bonchev–Trinajstić information content (AvgIpc) is 2.58. The van der Waals surface area contributed by atoms with Crippen LogP contribution in [-0.4, -0.2) is 17.7 Å². The lowest BCUT2D eigenvalue weighted by Gasteiger charge is -2.19. The maximum atomic E-state index is 12.8. The molecule has 2 rings (SSSR count). The normalized spacial score (nSPS) is 11.8. The molecule has 0 aliphatic heterocycles. The molecule has 2 aromatic carbocycles. The van der Waals surface area contributed by atoms with Crippen LogP contribution in [-0.2, 0) is 6.18 Å². The van der Waals surface area contributed by atoms with Crippen molar-refractivity contribution in [2.75, 3.05) is 12.1 Å². The van der Waals surface area contributed by atoms with Crippen LogP contribution in [0.15, 0.2) is 41.5 Å². The molecule has 140 valence electrons. The zero-order valence-corrected chi connectivity index (χ0v) is 15.0. The number of halogens is 5. The highest BCUT2D eigenvalue weighted by Crippen LogP contribution is 2.40.